The number of benzene rings is 1. The van der Waals surface area contributed by atoms with Gasteiger partial charge in [0.15, 0.2) is 17.2 Å². The average molecular weight is 282 g/mol. The van der Waals surface area contributed by atoms with E-state index < -0.39 is 0 Å². The molecule has 1 fully saturated rings. The molecule has 21 heavy (non-hydrogen) atoms. The molecule has 1 aromatic carbocycles. The number of hydrogen-bond donors (Lipinski definition) is 1. The van der Waals surface area contributed by atoms with Gasteiger partial charge >= 0.3 is 0 Å². The molecule has 0 unspecified atom stereocenters. The van der Waals surface area contributed by atoms with Crippen LogP contribution in [0.25, 0.3) is 11.1 Å². The first-order chi connectivity index (χ1) is 10.2. The second-order valence-electron chi connectivity index (χ2n) is 5.40. The van der Waals surface area contributed by atoms with E-state index in [9.17, 15) is 4.79 Å². The summed E-state index contributed by atoms with van der Waals surface area (Å²) < 4.78 is 10.9. The molecule has 1 aliphatic rings. The van der Waals surface area contributed by atoms with Gasteiger partial charge < -0.3 is 14.2 Å². The average Bonchev–Trinajstić information content (AvgIpc) is 3.09. The molecule has 2 aromatic heterocycles. The number of amides is 1. The number of fused-ring (bicyclic) bond motifs is 1. The predicted octanol–water partition coefficient (Wildman–Crippen LogP) is 3.86. The van der Waals surface area contributed by atoms with Gasteiger partial charge in [-0.25, -0.2) is 4.98 Å². The zero-order chi connectivity index (χ0) is 14.4. The van der Waals surface area contributed by atoms with Crippen LogP contribution in [0, 0.1) is 6.92 Å². The minimum Gasteiger partial charge on any atom is -0.459 e. The molecule has 3 aromatic rings. The molecule has 0 radical (unpaired) electrons. The molecule has 1 N–H and O–H groups in total. The van der Waals surface area contributed by atoms with Crippen LogP contribution in [0.3, 0.4) is 0 Å². The fourth-order valence-electron chi connectivity index (χ4n) is 2.32. The smallest absolute Gasteiger partial charge is 0.291 e. The highest BCUT2D eigenvalue weighted by Crippen LogP contribution is 2.40. The van der Waals surface area contributed by atoms with E-state index in [4.69, 9.17) is 8.83 Å². The number of rotatable bonds is 3. The maximum Gasteiger partial charge on any atom is 0.291 e. The van der Waals surface area contributed by atoms with Crippen LogP contribution in [0.4, 0.5) is 5.69 Å². The number of aryl methyl sites for hydroxylation is 1. The van der Waals surface area contributed by atoms with Crippen LogP contribution in [-0.4, -0.2) is 10.9 Å². The van der Waals surface area contributed by atoms with E-state index in [1.807, 2.05) is 19.1 Å². The lowest BCUT2D eigenvalue weighted by Crippen LogP contribution is -2.11. The van der Waals surface area contributed by atoms with Gasteiger partial charge in [-0.05, 0) is 44.0 Å². The minimum atomic E-state index is -0.261. The Bertz CT molecular complexity index is 827. The first-order valence-corrected chi connectivity index (χ1v) is 6.96. The Morgan fingerprint density at radius 1 is 1.33 bits per heavy atom. The Labute approximate surface area is 121 Å². The molecular formula is C16H14N2O3. The van der Waals surface area contributed by atoms with Crippen LogP contribution in [0.2, 0.25) is 0 Å². The second-order valence-corrected chi connectivity index (χ2v) is 5.40. The van der Waals surface area contributed by atoms with Gasteiger partial charge in [-0.2, -0.15) is 0 Å². The van der Waals surface area contributed by atoms with Gasteiger partial charge in [0, 0.05) is 17.2 Å². The molecule has 1 amide bonds. The summed E-state index contributed by atoms with van der Waals surface area (Å²) in [5.74, 6) is 1.34. The largest absolute Gasteiger partial charge is 0.459 e. The summed E-state index contributed by atoms with van der Waals surface area (Å²) in [6, 6.07) is 7.22. The highest BCUT2D eigenvalue weighted by molar-refractivity contribution is 6.03. The minimum absolute atomic E-state index is 0.261. The standard InChI is InChI=1S/C16H14N2O3/c1-9-6-7-20-14(9)15(19)17-11-4-5-13-12(8-11)18-16(21-13)10-2-3-10/h4-8,10H,2-3H2,1H3,(H,17,19). The molecule has 5 heteroatoms. The summed E-state index contributed by atoms with van der Waals surface area (Å²) in [5.41, 5.74) is 3.01. The molecular weight excluding hydrogens is 268 g/mol. The molecule has 4 rings (SSSR count). The number of nitrogens with zero attached hydrogens (tertiary/aromatic N) is 1. The number of aromatic nitrogens is 1. The Kier molecular flexibility index (Phi) is 2.60. The van der Waals surface area contributed by atoms with Crippen molar-refractivity contribution in [1.29, 1.82) is 0 Å². The lowest BCUT2D eigenvalue weighted by atomic mass is 10.2. The fraction of sp³-hybridized carbons (Fsp3) is 0.250. The number of hydrogen-bond acceptors (Lipinski definition) is 4. The summed E-state index contributed by atoms with van der Waals surface area (Å²) in [7, 11) is 0. The third-order valence-electron chi connectivity index (χ3n) is 3.66. The molecule has 0 spiro atoms. The van der Waals surface area contributed by atoms with Crippen LogP contribution in [-0.2, 0) is 0 Å². The van der Waals surface area contributed by atoms with Crippen LogP contribution in [0.5, 0.6) is 0 Å². The molecule has 0 bridgehead atoms. The van der Waals surface area contributed by atoms with Gasteiger partial charge in [0.25, 0.3) is 5.91 Å². The lowest BCUT2D eigenvalue weighted by Gasteiger charge is -2.03. The van der Waals surface area contributed by atoms with Crippen molar-refractivity contribution in [2.24, 2.45) is 0 Å². The molecule has 1 saturated carbocycles. The Morgan fingerprint density at radius 3 is 2.90 bits per heavy atom. The van der Waals surface area contributed by atoms with Crippen molar-refractivity contribution in [2.75, 3.05) is 5.32 Å². The zero-order valence-electron chi connectivity index (χ0n) is 11.6. The number of anilines is 1. The fourth-order valence-corrected chi connectivity index (χ4v) is 2.32. The second kappa shape index (κ2) is 4.48. The van der Waals surface area contributed by atoms with Crippen molar-refractivity contribution < 1.29 is 13.6 Å². The van der Waals surface area contributed by atoms with Gasteiger partial charge in [0.05, 0.1) is 6.26 Å². The summed E-state index contributed by atoms with van der Waals surface area (Å²) >= 11 is 0. The highest BCUT2D eigenvalue weighted by Gasteiger charge is 2.28. The van der Waals surface area contributed by atoms with Crippen molar-refractivity contribution in [3.63, 3.8) is 0 Å². The van der Waals surface area contributed by atoms with Gasteiger partial charge in [0.2, 0.25) is 0 Å². The summed E-state index contributed by atoms with van der Waals surface area (Å²) in [6.07, 6.45) is 3.80. The summed E-state index contributed by atoms with van der Waals surface area (Å²) in [5, 5.41) is 2.82. The molecule has 5 nitrogen and oxygen atoms in total. The highest BCUT2D eigenvalue weighted by atomic mass is 16.3. The predicted molar refractivity (Wildman–Crippen MR) is 77.4 cm³/mol. The molecule has 1 aliphatic carbocycles. The van der Waals surface area contributed by atoms with E-state index in [1.54, 1.807) is 12.1 Å². The molecule has 2 heterocycles. The number of oxazole rings is 1. The number of carbonyl (C=O) groups is 1. The van der Waals surface area contributed by atoms with Crippen molar-refractivity contribution in [1.82, 2.24) is 4.98 Å². The van der Waals surface area contributed by atoms with E-state index in [1.165, 1.54) is 6.26 Å². The van der Waals surface area contributed by atoms with E-state index in [0.717, 1.165) is 35.4 Å². The van der Waals surface area contributed by atoms with Gasteiger partial charge in [-0.15, -0.1) is 0 Å². The van der Waals surface area contributed by atoms with Crippen molar-refractivity contribution in [3.8, 4) is 0 Å². The SMILES string of the molecule is Cc1ccoc1C(=O)Nc1ccc2oc(C3CC3)nc2c1. The third-order valence-corrected chi connectivity index (χ3v) is 3.66. The van der Waals surface area contributed by atoms with Gasteiger partial charge in [-0.3, -0.25) is 4.79 Å². The maximum absolute atomic E-state index is 12.1. The maximum atomic E-state index is 12.1. The normalized spacial score (nSPS) is 14.5. The first kappa shape index (κ1) is 12.2. The number of carbonyl (C=O) groups excluding carboxylic acids is 1. The summed E-state index contributed by atoms with van der Waals surface area (Å²) in [4.78, 5) is 16.6. The van der Waals surface area contributed by atoms with Gasteiger partial charge in [0.1, 0.15) is 5.52 Å². The number of nitrogens with one attached hydrogen (secondary N) is 1. The molecule has 0 saturated heterocycles. The van der Waals surface area contributed by atoms with Crippen LogP contribution >= 0.6 is 0 Å². The van der Waals surface area contributed by atoms with Crippen molar-refractivity contribution in [2.45, 2.75) is 25.7 Å². The molecule has 106 valence electrons. The number of furan rings is 1. The van der Waals surface area contributed by atoms with Gasteiger partial charge in [-0.1, -0.05) is 0 Å². The Balaban J connectivity index is 1.61. The van der Waals surface area contributed by atoms with Crippen LogP contribution < -0.4 is 5.32 Å². The van der Waals surface area contributed by atoms with Crippen LogP contribution in [0.1, 0.15) is 40.8 Å². The molecule has 0 atom stereocenters. The zero-order valence-corrected chi connectivity index (χ0v) is 11.6. The van der Waals surface area contributed by atoms with E-state index in [-0.39, 0.29) is 5.91 Å². The third kappa shape index (κ3) is 2.20. The quantitative estimate of drug-likeness (QED) is 0.792. The lowest BCUT2D eigenvalue weighted by molar-refractivity contribution is 0.0996. The van der Waals surface area contributed by atoms with E-state index in [2.05, 4.69) is 10.3 Å². The van der Waals surface area contributed by atoms with Crippen molar-refractivity contribution in [3.05, 3.63) is 47.7 Å². The first-order valence-electron chi connectivity index (χ1n) is 6.96. The van der Waals surface area contributed by atoms with E-state index >= 15 is 0 Å². The monoisotopic (exact) mass is 282 g/mol. The summed E-state index contributed by atoms with van der Waals surface area (Å²) in [6.45, 7) is 1.83. The van der Waals surface area contributed by atoms with Crippen LogP contribution in [0.15, 0.2) is 39.4 Å². The van der Waals surface area contributed by atoms with E-state index in [0.29, 0.717) is 17.4 Å². The topological polar surface area (TPSA) is 68.3 Å². The van der Waals surface area contributed by atoms with Crippen molar-refractivity contribution >= 4 is 22.7 Å². The Hall–Kier alpha value is -2.56. The molecule has 0 aliphatic heterocycles. The Morgan fingerprint density at radius 2 is 2.19 bits per heavy atom.